The number of benzene rings is 1. The summed E-state index contributed by atoms with van der Waals surface area (Å²) in [5, 5.41) is 9.61. The lowest BCUT2D eigenvalue weighted by Gasteiger charge is -2.39. The van der Waals surface area contributed by atoms with Gasteiger partial charge >= 0.3 is 5.97 Å². The highest BCUT2D eigenvalue weighted by Gasteiger charge is 2.45. The Bertz CT molecular complexity index is 461. The standard InChI is InChI=1S/C14H15ClF2O2/c15-11-3-1-10(2-4-11)13(9-12(18)19)5-7-14(16,17)8-6-13/h1-4H,5-9H2,(H,18,19). The smallest absolute Gasteiger partial charge is 0.304 e. The third kappa shape index (κ3) is 3.24. The van der Waals surface area contributed by atoms with Crippen LogP contribution in [0.3, 0.4) is 0 Å². The highest BCUT2D eigenvalue weighted by molar-refractivity contribution is 6.30. The first-order chi connectivity index (χ1) is 8.83. The minimum atomic E-state index is -2.67. The van der Waals surface area contributed by atoms with Gasteiger partial charge in [0.05, 0.1) is 6.42 Å². The van der Waals surface area contributed by atoms with Gasteiger partial charge in [0.2, 0.25) is 5.92 Å². The summed E-state index contributed by atoms with van der Waals surface area (Å²) in [6, 6.07) is 6.84. The molecule has 0 amide bonds. The number of hydrogen-bond donors (Lipinski definition) is 1. The molecule has 0 bridgehead atoms. The van der Waals surface area contributed by atoms with E-state index in [2.05, 4.69) is 0 Å². The monoisotopic (exact) mass is 288 g/mol. The first kappa shape index (κ1) is 14.3. The van der Waals surface area contributed by atoms with Crippen LogP contribution < -0.4 is 0 Å². The topological polar surface area (TPSA) is 37.3 Å². The van der Waals surface area contributed by atoms with Crippen molar-refractivity contribution in [2.24, 2.45) is 0 Å². The van der Waals surface area contributed by atoms with Crippen molar-refractivity contribution >= 4 is 17.6 Å². The molecule has 1 N–H and O–H groups in total. The third-order valence-electron chi connectivity index (χ3n) is 3.88. The predicted molar refractivity (Wildman–Crippen MR) is 68.8 cm³/mol. The van der Waals surface area contributed by atoms with Crippen LogP contribution in [0.4, 0.5) is 8.78 Å². The zero-order valence-corrected chi connectivity index (χ0v) is 11.1. The van der Waals surface area contributed by atoms with E-state index >= 15 is 0 Å². The largest absolute Gasteiger partial charge is 0.481 e. The Balaban J connectivity index is 2.30. The molecule has 2 rings (SSSR count). The molecular weight excluding hydrogens is 274 g/mol. The molecule has 1 aromatic rings. The van der Waals surface area contributed by atoms with Crippen LogP contribution in [0.2, 0.25) is 5.02 Å². The second kappa shape index (κ2) is 5.08. The zero-order chi connectivity index (χ0) is 14.1. The molecule has 1 aliphatic rings. The number of aliphatic carboxylic acids is 1. The van der Waals surface area contributed by atoms with E-state index in [1.165, 1.54) is 0 Å². The maximum atomic E-state index is 13.3. The average Bonchev–Trinajstić information content (AvgIpc) is 2.33. The summed E-state index contributed by atoms with van der Waals surface area (Å²) < 4.78 is 26.6. The van der Waals surface area contributed by atoms with E-state index in [1.807, 2.05) is 0 Å². The van der Waals surface area contributed by atoms with Crippen molar-refractivity contribution in [2.45, 2.75) is 43.4 Å². The second-order valence-corrected chi connectivity index (χ2v) is 5.65. The van der Waals surface area contributed by atoms with E-state index in [1.54, 1.807) is 24.3 Å². The summed E-state index contributed by atoms with van der Waals surface area (Å²) in [4.78, 5) is 11.1. The number of carboxylic acids is 1. The molecule has 0 heterocycles. The van der Waals surface area contributed by atoms with Crippen LogP contribution in [-0.4, -0.2) is 17.0 Å². The number of hydrogen-bond acceptors (Lipinski definition) is 1. The number of alkyl halides is 2. The van der Waals surface area contributed by atoms with Gasteiger partial charge in [-0.25, -0.2) is 8.78 Å². The van der Waals surface area contributed by atoms with Gasteiger partial charge in [-0.1, -0.05) is 23.7 Å². The molecule has 1 fully saturated rings. The Kier molecular flexibility index (Phi) is 3.81. The van der Waals surface area contributed by atoms with Gasteiger partial charge in [-0.15, -0.1) is 0 Å². The third-order valence-corrected chi connectivity index (χ3v) is 4.14. The van der Waals surface area contributed by atoms with Crippen molar-refractivity contribution < 1.29 is 18.7 Å². The Labute approximate surface area is 115 Å². The molecule has 1 aliphatic carbocycles. The van der Waals surface area contributed by atoms with E-state index in [4.69, 9.17) is 16.7 Å². The lowest BCUT2D eigenvalue weighted by molar-refractivity contribution is -0.140. The van der Waals surface area contributed by atoms with E-state index < -0.39 is 17.3 Å². The van der Waals surface area contributed by atoms with Crippen LogP contribution in [0, 0.1) is 0 Å². The summed E-state index contributed by atoms with van der Waals surface area (Å²) in [5.41, 5.74) is 0.0905. The maximum absolute atomic E-state index is 13.3. The summed E-state index contributed by atoms with van der Waals surface area (Å²) in [5.74, 6) is -3.63. The molecule has 5 heteroatoms. The molecule has 2 nitrogen and oxygen atoms in total. The fourth-order valence-electron chi connectivity index (χ4n) is 2.75. The molecule has 0 atom stereocenters. The average molecular weight is 289 g/mol. The van der Waals surface area contributed by atoms with Crippen molar-refractivity contribution in [3.63, 3.8) is 0 Å². The van der Waals surface area contributed by atoms with Crippen LogP contribution in [0.1, 0.15) is 37.7 Å². The van der Waals surface area contributed by atoms with Gasteiger partial charge in [0.15, 0.2) is 0 Å². The molecular formula is C14H15ClF2O2. The van der Waals surface area contributed by atoms with E-state index in [9.17, 15) is 13.6 Å². The van der Waals surface area contributed by atoms with Crippen molar-refractivity contribution in [2.75, 3.05) is 0 Å². The van der Waals surface area contributed by atoms with Crippen LogP contribution in [0.15, 0.2) is 24.3 Å². The lowest BCUT2D eigenvalue weighted by Crippen LogP contribution is -2.38. The molecule has 1 aromatic carbocycles. The van der Waals surface area contributed by atoms with Gasteiger partial charge in [-0.05, 0) is 30.5 Å². The summed E-state index contributed by atoms with van der Waals surface area (Å²) in [6.45, 7) is 0. The zero-order valence-electron chi connectivity index (χ0n) is 10.3. The van der Waals surface area contributed by atoms with Gasteiger partial charge in [-0.2, -0.15) is 0 Å². The molecule has 104 valence electrons. The molecule has 0 spiro atoms. The summed E-state index contributed by atoms with van der Waals surface area (Å²) in [6.07, 6.45) is -0.265. The number of halogens is 3. The first-order valence-corrected chi connectivity index (χ1v) is 6.57. The minimum Gasteiger partial charge on any atom is -0.481 e. The highest BCUT2D eigenvalue weighted by atomic mass is 35.5. The van der Waals surface area contributed by atoms with Crippen LogP contribution in [-0.2, 0) is 10.2 Å². The number of rotatable bonds is 3. The minimum absolute atomic E-state index is 0.120. The predicted octanol–water partition coefficient (Wildman–Crippen LogP) is 4.26. The van der Waals surface area contributed by atoms with Gasteiger partial charge < -0.3 is 5.11 Å². The highest BCUT2D eigenvalue weighted by Crippen LogP contribution is 2.47. The SMILES string of the molecule is O=C(O)CC1(c2ccc(Cl)cc2)CCC(F)(F)CC1. The molecule has 19 heavy (non-hydrogen) atoms. The Morgan fingerprint density at radius 1 is 1.16 bits per heavy atom. The van der Waals surface area contributed by atoms with Gasteiger partial charge in [-0.3, -0.25) is 4.79 Å². The lowest BCUT2D eigenvalue weighted by atomic mass is 9.66. The van der Waals surface area contributed by atoms with E-state index in [0.29, 0.717) is 5.02 Å². The summed E-state index contributed by atoms with van der Waals surface area (Å²) >= 11 is 5.81. The fourth-order valence-corrected chi connectivity index (χ4v) is 2.88. The van der Waals surface area contributed by atoms with Crippen LogP contribution >= 0.6 is 11.6 Å². The quantitative estimate of drug-likeness (QED) is 0.902. The Hall–Kier alpha value is -1.16. The van der Waals surface area contributed by atoms with Crippen molar-refractivity contribution in [1.29, 1.82) is 0 Å². The van der Waals surface area contributed by atoms with Gasteiger partial charge in [0, 0.05) is 23.3 Å². The Morgan fingerprint density at radius 2 is 1.68 bits per heavy atom. The number of carboxylic acid groups (broad SMARTS) is 1. The molecule has 0 radical (unpaired) electrons. The Morgan fingerprint density at radius 3 is 2.16 bits per heavy atom. The van der Waals surface area contributed by atoms with E-state index in [-0.39, 0.29) is 32.1 Å². The van der Waals surface area contributed by atoms with Crippen LogP contribution in [0.25, 0.3) is 0 Å². The van der Waals surface area contributed by atoms with E-state index in [0.717, 1.165) is 5.56 Å². The second-order valence-electron chi connectivity index (χ2n) is 5.21. The van der Waals surface area contributed by atoms with Gasteiger partial charge in [0.25, 0.3) is 0 Å². The van der Waals surface area contributed by atoms with Crippen molar-refractivity contribution in [3.8, 4) is 0 Å². The van der Waals surface area contributed by atoms with Gasteiger partial charge in [0.1, 0.15) is 0 Å². The van der Waals surface area contributed by atoms with Crippen LogP contribution in [0.5, 0.6) is 0 Å². The molecule has 1 saturated carbocycles. The summed E-state index contributed by atoms with van der Waals surface area (Å²) in [7, 11) is 0. The molecule has 0 aliphatic heterocycles. The fraction of sp³-hybridized carbons (Fsp3) is 0.500. The molecule has 0 aromatic heterocycles. The first-order valence-electron chi connectivity index (χ1n) is 6.19. The number of carbonyl (C=O) groups is 1. The normalized spacial score (nSPS) is 21.0. The van der Waals surface area contributed by atoms with Crippen molar-refractivity contribution in [3.05, 3.63) is 34.9 Å². The molecule has 0 unspecified atom stereocenters. The van der Waals surface area contributed by atoms with Crippen molar-refractivity contribution in [1.82, 2.24) is 0 Å². The maximum Gasteiger partial charge on any atom is 0.304 e. The molecule has 0 saturated heterocycles.